The first-order valence-electron chi connectivity index (χ1n) is 41.4. The third-order valence-electron chi connectivity index (χ3n) is 20.0. The minimum atomic E-state index is -4.64. The molecule has 4 aliphatic heterocycles. The van der Waals surface area contributed by atoms with Crippen LogP contribution in [-0.2, 0) is 38.4 Å². The number of H-pyrrole nitrogens is 1. The fraction of sp³-hybridized carbons (Fsp3) is 0.688. The van der Waals surface area contributed by atoms with Crippen LogP contribution in [-0.4, -0.2) is 363 Å². The number of nitrogens with one attached hydrogen (secondary N) is 5. The Morgan fingerprint density at radius 3 is 1.57 bits per heavy atom. The molecule has 5 aromatic rings. The van der Waals surface area contributed by atoms with Crippen molar-refractivity contribution in [3.63, 3.8) is 0 Å². The molecule has 3 aromatic heterocycles. The maximum atomic E-state index is 12.4. The molecule has 126 heavy (non-hydrogen) atoms. The van der Waals surface area contributed by atoms with Gasteiger partial charge in [-0.2, -0.15) is 29.9 Å². The van der Waals surface area contributed by atoms with E-state index in [1.54, 1.807) is 23.7 Å². The number of hydrogen-bond acceptors (Lipinski definition) is 27. The fourth-order valence-corrected chi connectivity index (χ4v) is 21.2. The molecule has 6 atom stereocenters. The van der Waals surface area contributed by atoms with Gasteiger partial charge in [-0.3, -0.25) is 30.0 Å². The molecule has 3 aliphatic carbocycles. The quantitative estimate of drug-likeness (QED) is 0.00650. The van der Waals surface area contributed by atoms with Gasteiger partial charge in [0, 0.05) is 237 Å². The van der Waals surface area contributed by atoms with Gasteiger partial charge < -0.3 is 84.3 Å². The molecule has 11 N–H and O–H groups in total. The number of benzene rings is 2. The van der Waals surface area contributed by atoms with Crippen molar-refractivity contribution in [3.8, 4) is 5.75 Å². The number of amides is 3. The van der Waals surface area contributed by atoms with Gasteiger partial charge in [-0.05, 0) is 149 Å². The number of hydrazine groups is 1. The molecule has 2 saturated carbocycles. The molecule has 7 heterocycles. The molecule has 4 saturated heterocycles. The number of nitrogens with two attached hydrogens (primary N) is 1. The van der Waals surface area contributed by atoms with Gasteiger partial charge in [-0.1, -0.05) is 30.3 Å². The Morgan fingerprint density at radius 2 is 1.17 bits per heavy atom. The first-order chi connectivity index (χ1) is 59.4. The maximum Gasteiger partial charge on any atom is 0.466 e. The van der Waals surface area contributed by atoms with Crippen LogP contribution in [0.1, 0.15) is 103 Å². The van der Waals surface area contributed by atoms with E-state index in [2.05, 4.69) is 103 Å². The van der Waals surface area contributed by atoms with Crippen LogP contribution < -0.4 is 61.1 Å². The third kappa shape index (κ3) is 38.7. The van der Waals surface area contributed by atoms with Gasteiger partial charge in [0.25, 0.3) is 11.8 Å². The van der Waals surface area contributed by atoms with Crippen LogP contribution in [0.25, 0.3) is 0 Å². The topological polar surface area (TPSA) is 431 Å². The summed E-state index contributed by atoms with van der Waals surface area (Å²) in [5, 5.41) is 25.1. The lowest BCUT2D eigenvalue weighted by Crippen LogP contribution is -2.43. The number of aromatic nitrogens is 8. The molecule has 12 rings (SSSR count). The number of rotatable bonds is 31. The van der Waals surface area contributed by atoms with Crippen molar-refractivity contribution in [2.24, 2.45) is 33.3 Å². The molecule has 0 radical (unpaired) electrons. The van der Waals surface area contributed by atoms with Gasteiger partial charge in [0.15, 0.2) is 11.5 Å². The van der Waals surface area contributed by atoms with Crippen LogP contribution in [0.4, 0.5) is 46.3 Å². The van der Waals surface area contributed by atoms with Crippen molar-refractivity contribution in [2.45, 2.75) is 90.3 Å². The molecular formula is C77H137Cl6N28O11P3S. The second kappa shape index (κ2) is 56.3. The number of imidazole rings is 1. The van der Waals surface area contributed by atoms with Crippen LogP contribution in [0.2, 0.25) is 0 Å². The van der Waals surface area contributed by atoms with E-state index in [1.165, 1.54) is 61.7 Å². The number of ether oxygens (including phenoxy) is 1. The number of carbonyl (C=O) groups is 3. The third-order valence-corrected chi connectivity index (χ3v) is 28.8. The molecule has 714 valence electrons. The average Bonchev–Trinajstić information content (AvgIpc) is 1.50. The number of aromatic amines is 1. The van der Waals surface area contributed by atoms with E-state index in [9.17, 15) is 24.1 Å². The van der Waals surface area contributed by atoms with E-state index in [-0.39, 0.29) is 35.0 Å². The Hall–Kier alpha value is -5.59. The van der Waals surface area contributed by atoms with Gasteiger partial charge >= 0.3 is 21.6 Å². The molecule has 3 amide bonds. The monoisotopic (exact) mass is 1960 g/mol. The molecule has 39 nitrogen and oxygen atoms in total. The van der Waals surface area contributed by atoms with Crippen molar-refractivity contribution in [2.75, 3.05) is 269 Å². The highest BCUT2D eigenvalue weighted by molar-refractivity contribution is 8.11. The molecule has 1 unspecified atom stereocenters. The summed E-state index contributed by atoms with van der Waals surface area (Å²) in [5.41, 5.74) is 15.6. The van der Waals surface area contributed by atoms with E-state index >= 15 is 0 Å². The number of alkyl halides is 6. The Kier molecular flexibility index (Phi) is 50.4. The first-order valence-corrected chi connectivity index (χ1v) is 50.4. The Balaban J connectivity index is 0.000000307. The predicted molar refractivity (Wildman–Crippen MR) is 513 cm³/mol. The summed E-state index contributed by atoms with van der Waals surface area (Å²) >= 11 is 39.4. The van der Waals surface area contributed by atoms with Gasteiger partial charge in [0.2, 0.25) is 35.7 Å². The lowest BCUT2D eigenvalue weighted by atomic mass is 9.55. The standard InChI is InChI=1S/C23H31Cl2NO3.C12H19N3O.2C9H18N6.C7H15Cl2N2O2P.C6H10N6O.C6H12N3PS.C5H11Cl2N.H3O4P/c1-23-9-8-18-17-5-3-16(29-22(28)26(12-10-24)13-11-25)14-15(17)2-4-19(18)20(23)6-7-21(23)27;1-9(2)15-12(16)11-6-4-10(5-7-11)8-14-13-3;2*1-13(2)7-10-8(14(3)4)12-9(11-7)15(5)6;8-2-4-10-14(12)11(6-3-9)5-1-7-13-14;1-12(2)11-10-6-4(5(7)13)8-3-9-6;11-10(7-1-2-7,8-3-4-8)9-5-6-9;1-8(4-2-6)5-3-7;1-5(2,3)4/h3,5,14,18-21,27H,2,4,6-13H2,1H3;4-7,9,13-14H,8H2,1-3H3,(H,15,16);2*1-6H3;1-7H2,(H,10,12);3H,1-2H3,(H2,7,13)(H,8,9);1-6H2;2-5H2,1H3;(H3,1,2,3,4)/b;;;;;11-10+;;;/t18-,19-,20+,21+,23+;;;;;;;;/m1......../s1. The summed E-state index contributed by atoms with van der Waals surface area (Å²) in [6, 6.07) is 13.9. The Morgan fingerprint density at radius 1 is 0.690 bits per heavy atom. The average molecular weight is 1970 g/mol. The van der Waals surface area contributed by atoms with Gasteiger partial charge in [0.1, 0.15) is 12.2 Å². The fourth-order valence-electron chi connectivity index (χ4n) is 13.3. The molecule has 2 aromatic carbocycles. The van der Waals surface area contributed by atoms with Crippen molar-refractivity contribution in [1.29, 1.82) is 0 Å². The predicted octanol–water partition coefficient (Wildman–Crippen LogP) is 8.95. The number of aryl methyl sites for hydroxylation is 1. The molecule has 0 bridgehead atoms. The van der Waals surface area contributed by atoms with Crippen LogP contribution in [0.3, 0.4) is 0 Å². The highest BCUT2D eigenvalue weighted by Crippen LogP contribution is 2.66. The second-order valence-electron chi connectivity index (χ2n) is 31.9. The largest absolute Gasteiger partial charge is 0.466 e. The molecular weight excluding hydrogens is 1830 g/mol. The summed E-state index contributed by atoms with van der Waals surface area (Å²) in [4.78, 5) is 103. The van der Waals surface area contributed by atoms with Crippen molar-refractivity contribution >= 4 is 163 Å². The van der Waals surface area contributed by atoms with Gasteiger partial charge in [0.05, 0.1) is 19.0 Å². The number of anilines is 6. The zero-order chi connectivity index (χ0) is 94.4. The summed E-state index contributed by atoms with van der Waals surface area (Å²) < 4.78 is 41.2. The molecule has 49 heteroatoms. The summed E-state index contributed by atoms with van der Waals surface area (Å²) in [6.07, 6.45) is 8.21. The number of hydrogen-bond donors (Lipinski definition) is 10. The second-order valence-corrected chi connectivity index (χ2v) is 41.6. The minimum Gasteiger partial charge on any atom is -0.410 e. The minimum absolute atomic E-state index is 0.0249. The van der Waals surface area contributed by atoms with Crippen LogP contribution in [0.5, 0.6) is 5.75 Å². The molecule has 0 spiro atoms. The van der Waals surface area contributed by atoms with Crippen LogP contribution in [0, 0.1) is 17.3 Å². The lowest BCUT2D eigenvalue weighted by molar-refractivity contribution is -0.0226. The van der Waals surface area contributed by atoms with Gasteiger partial charge in [-0.25, -0.2) is 38.1 Å². The van der Waals surface area contributed by atoms with Crippen LogP contribution in [0.15, 0.2) is 59.1 Å². The number of phosphoric acid groups is 1. The summed E-state index contributed by atoms with van der Waals surface area (Å²) in [5.74, 6) is 9.00. The van der Waals surface area contributed by atoms with E-state index in [4.69, 9.17) is 116 Å². The number of halogens is 6. The van der Waals surface area contributed by atoms with Crippen molar-refractivity contribution in [3.05, 3.63) is 76.7 Å². The van der Waals surface area contributed by atoms with E-state index < -0.39 is 34.0 Å². The maximum absolute atomic E-state index is 12.4. The van der Waals surface area contributed by atoms with Crippen molar-refractivity contribution < 1.29 is 52.6 Å². The SMILES string of the molecule is CN(C)/N=N/c1[nH]cnc1C(N)=O.CN(C)c1nc(N(C)C)nc(N(C)C)n1.CN(C)c1nc(N(C)C)nc(N(C)C)n1.CN(CCCl)CCCl.CNNCc1ccc(C(=O)NC(C)C)cc1.C[C@]12CC[C@@H]3c4ccc(OC(=O)N(CCCl)CCCl)cc4CC[C@H]3[C@@H]1CC[C@@H]2O.O=P(O)(O)O.O=P1(NCCCl)OCCCN1CCCl.S=P(N1CC1)(N1CC1)N1CC1. The smallest absolute Gasteiger partial charge is 0.410 e. The summed E-state index contributed by atoms with van der Waals surface area (Å²) in [6.45, 7) is 18.2. The number of aliphatic hydroxyl groups is 1. The molecule has 6 fully saturated rings. The van der Waals surface area contributed by atoms with Gasteiger partial charge in [-0.15, -0.1) is 74.7 Å². The number of nitrogens with zero attached hydrogens (tertiary/aromatic N) is 22. The van der Waals surface area contributed by atoms with E-state index in [0.29, 0.717) is 133 Å². The van der Waals surface area contributed by atoms with Crippen molar-refractivity contribution in [1.82, 2.24) is 94.6 Å². The zero-order valence-electron chi connectivity index (χ0n) is 76.4. The summed E-state index contributed by atoms with van der Waals surface area (Å²) in [7, 11) is 22.7. The Labute approximate surface area is 780 Å². The highest BCUT2D eigenvalue weighted by Gasteiger charge is 2.55. The zero-order valence-corrected chi connectivity index (χ0v) is 84.4. The number of aliphatic hydroxyl groups excluding tert-OH is 1. The van der Waals surface area contributed by atoms with Crippen LogP contribution >= 0.6 is 91.6 Å². The first kappa shape index (κ1) is 113. The lowest BCUT2D eigenvalue weighted by Gasteiger charge is -2.50. The number of fused-ring (bicyclic) bond motifs is 5. The number of carbonyl (C=O) groups excluding carboxylic acids is 3. The highest BCUT2D eigenvalue weighted by atomic mass is 35.5. The van der Waals surface area contributed by atoms with E-state index in [1.807, 2.05) is 178 Å². The molecule has 7 aliphatic rings. The number of primary amides is 1. The van der Waals surface area contributed by atoms with E-state index in [0.717, 1.165) is 76.7 Å². The Bertz CT molecular complexity index is 3990. The normalized spacial score (nSPS) is 19.6.